The van der Waals surface area contributed by atoms with E-state index in [1.54, 1.807) is 18.9 Å². The molecular weight excluding hydrogens is 428 g/mol. The molecule has 1 aliphatic heterocycles. The fourth-order valence-electron chi connectivity index (χ4n) is 4.01. The molecule has 0 bridgehead atoms. The standard InChI is InChI=1S/C23H28N4O4S/c1-13(21(29)24-23-26-25-22(32-23)15-5-6-15)27-11-17(10-20(27)28)16-7-8-18(30-2)19(9-16)31-12-14-3-4-14/h7-9,13-15,17H,3-6,10-12H2,1-2H3,(H,24,26,29). The van der Waals surface area contributed by atoms with Crippen molar-refractivity contribution in [2.24, 2.45) is 5.92 Å². The van der Waals surface area contributed by atoms with E-state index in [0.717, 1.165) is 29.2 Å². The van der Waals surface area contributed by atoms with Gasteiger partial charge in [-0.1, -0.05) is 17.4 Å². The minimum atomic E-state index is -0.579. The Hall–Kier alpha value is -2.68. The molecule has 2 saturated carbocycles. The maximum absolute atomic E-state index is 12.8. The Morgan fingerprint density at radius 2 is 2.03 bits per heavy atom. The van der Waals surface area contributed by atoms with E-state index in [0.29, 0.717) is 42.3 Å². The lowest BCUT2D eigenvalue weighted by molar-refractivity contribution is -0.134. The molecule has 5 rings (SSSR count). The highest BCUT2D eigenvalue weighted by Crippen LogP contribution is 2.42. The van der Waals surface area contributed by atoms with Crippen molar-refractivity contribution in [2.75, 3.05) is 25.6 Å². The number of carbonyl (C=O) groups is 2. The molecule has 1 saturated heterocycles. The van der Waals surface area contributed by atoms with Crippen LogP contribution < -0.4 is 14.8 Å². The average Bonchev–Trinajstić information content (AvgIpc) is 3.73. The second-order valence-corrected chi connectivity index (χ2v) is 10.0. The second-order valence-electron chi connectivity index (χ2n) is 9.00. The van der Waals surface area contributed by atoms with Crippen LogP contribution in [0.4, 0.5) is 5.13 Å². The Morgan fingerprint density at radius 1 is 1.22 bits per heavy atom. The Balaban J connectivity index is 1.23. The van der Waals surface area contributed by atoms with Crippen molar-refractivity contribution in [1.29, 1.82) is 0 Å². The molecular formula is C23H28N4O4S. The van der Waals surface area contributed by atoms with Gasteiger partial charge in [-0.3, -0.25) is 14.9 Å². The number of benzene rings is 1. The zero-order chi connectivity index (χ0) is 22.2. The zero-order valence-corrected chi connectivity index (χ0v) is 19.2. The summed E-state index contributed by atoms with van der Waals surface area (Å²) in [6.45, 7) is 2.95. The number of hydrogen-bond acceptors (Lipinski definition) is 7. The van der Waals surface area contributed by atoms with Crippen LogP contribution in [-0.2, 0) is 9.59 Å². The van der Waals surface area contributed by atoms with E-state index in [2.05, 4.69) is 15.5 Å². The molecule has 2 heterocycles. The Labute approximate surface area is 191 Å². The van der Waals surface area contributed by atoms with Crippen molar-refractivity contribution in [1.82, 2.24) is 15.1 Å². The monoisotopic (exact) mass is 456 g/mol. The third-order valence-electron chi connectivity index (χ3n) is 6.43. The predicted molar refractivity (Wildman–Crippen MR) is 120 cm³/mol. The molecule has 2 aromatic rings. The molecule has 0 spiro atoms. The van der Waals surface area contributed by atoms with Crippen LogP contribution >= 0.6 is 11.3 Å². The molecule has 2 atom stereocenters. The highest BCUT2D eigenvalue weighted by Gasteiger charge is 2.37. The van der Waals surface area contributed by atoms with Gasteiger partial charge < -0.3 is 14.4 Å². The van der Waals surface area contributed by atoms with Crippen LogP contribution in [0.5, 0.6) is 11.5 Å². The molecule has 2 amide bonds. The number of methoxy groups -OCH3 is 1. The minimum Gasteiger partial charge on any atom is -0.493 e. The molecule has 1 N–H and O–H groups in total. The summed E-state index contributed by atoms with van der Waals surface area (Å²) in [6.07, 6.45) is 5.08. The van der Waals surface area contributed by atoms with Crippen LogP contribution in [0, 0.1) is 5.92 Å². The number of nitrogens with zero attached hydrogens (tertiary/aromatic N) is 3. The molecule has 32 heavy (non-hydrogen) atoms. The second kappa shape index (κ2) is 8.69. The number of likely N-dealkylation sites (tertiary alicyclic amines) is 1. The Kier molecular flexibility index (Phi) is 5.75. The summed E-state index contributed by atoms with van der Waals surface area (Å²) in [4.78, 5) is 27.2. The number of carbonyl (C=O) groups excluding carboxylic acids is 2. The number of anilines is 1. The van der Waals surface area contributed by atoms with E-state index in [9.17, 15) is 9.59 Å². The molecule has 170 valence electrons. The van der Waals surface area contributed by atoms with Gasteiger partial charge in [-0.05, 0) is 56.2 Å². The summed E-state index contributed by atoms with van der Waals surface area (Å²) >= 11 is 1.42. The highest BCUT2D eigenvalue weighted by atomic mass is 32.1. The molecule has 3 aliphatic rings. The van der Waals surface area contributed by atoms with Gasteiger partial charge in [0.25, 0.3) is 0 Å². The Morgan fingerprint density at radius 3 is 2.75 bits per heavy atom. The topological polar surface area (TPSA) is 93.7 Å². The smallest absolute Gasteiger partial charge is 0.248 e. The first-order valence-electron chi connectivity index (χ1n) is 11.3. The van der Waals surface area contributed by atoms with Crippen LogP contribution in [0.15, 0.2) is 18.2 Å². The van der Waals surface area contributed by atoms with Gasteiger partial charge in [-0.2, -0.15) is 0 Å². The van der Waals surface area contributed by atoms with E-state index in [1.165, 1.54) is 24.2 Å². The first-order valence-corrected chi connectivity index (χ1v) is 12.1. The summed E-state index contributed by atoms with van der Waals surface area (Å²) in [5.74, 6) is 2.31. The van der Waals surface area contributed by atoms with Crippen molar-refractivity contribution in [2.45, 2.75) is 56.9 Å². The Bertz CT molecular complexity index is 1020. The summed E-state index contributed by atoms with van der Waals surface area (Å²) in [5, 5.41) is 12.5. The van der Waals surface area contributed by atoms with Crippen LogP contribution in [0.1, 0.15) is 61.4 Å². The third kappa shape index (κ3) is 4.57. The first-order chi connectivity index (χ1) is 15.5. The zero-order valence-electron chi connectivity index (χ0n) is 18.4. The normalized spacial score (nSPS) is 21.5. The minimum absolute atomic E-state index is 0.00919. The SMILES string of the molecule is COc1ccc(C2CC(=O)N(C(C)C(=O)Nc3nnc(C4CC4)s3)C2)cc1OCC1CC1. The lowest BCUT2D eigenvalue weighted by Gasteiger charge is -2.23. The van der Waals surface area contributed by atoms with Crippen molar-refractivity contribution < 1.29 is 19.1 Å². The van der Waals surface area contributed by atoms with Gasteiger partial charge in [0.15, 0.2) is 11.5 Å². The fourth-order valence-corrected chi connectivity index (χ4v) is 4.93. The lowest BCUT2D eigenvalue weighted by Crippen LogP contribution is -2.42. The molecule has 9 heteroatoms. The van der Waals surface area contributed by atoms with Crippen LogP contribution in [0.25, 0.3) is 0 Å². The van der Waals surface area contributed by atoms with Gasteiger partial charge in [0.1, 0.15) is 11.0 Å². The fraction of sp³-hybridized carbons (Fsp3) is 0.565. The molecule has 8 nitrogen and oxygen atoms in total. The van der Waals surface area contributed by atoms with Crippen LogP contribution in [-0.4, -0.2) is 53.2 Å². The molecule has 3 fully saturated rings. The molecule has 1 aromatic heterocycles. The summed E-state index contributed by atoms with van der Waals surface area (Å²) < 4.78 is 11.4. The molecule has 2 unspecified atom stereocenters. The van der Waals surface area contributed by atoms with E-state index < -0.39 is 6.04 Å². The van der Waals surface area contributed by atoms with Crippen molar-refractivity contribution in [3.8, 4) is 11.5 Å². The first kappa shape index (κ1) is 21.2. The van der Waals surface area contributed by atoms with Gasteiger partial charge in [-0.15, -0.1) is 10.2 Å². The lowest BCUT2D eigenvalue weighted by atomic mass is 9.98. The summed E-state index contributed by atoms with van der Waals surface area (Å²) in [7, 11) is 1.63. The largest absolute Gasteiger partial charge is 0.493 e. The van der Waals surface area contributed by atoms with Crippen LogP contribution in [0.3, 0.4) is 0 Å². The maximum Gasteiger partial charge on any atom is 0.248 e. The van der Waals surface area contributed by atoms with Crippen LogP contribution in [0.2, 0.25) is 0 Å². The van der Waals surface area contributed by atoms with Gasteiger partial charge in [0, 0.05) is 24.8 Å². The van der Waals surface area contributed by atoms with E-state index in [1.807, 2.05) is 18.2 Å². The average molecular weight is 457 g/mol. The van der Waals surface area contributed by atoms with E-state index >= 15 is 0 Å². The summed E-state index contributed by atoms with van der Waals surface area (Å²) in [6, 6.07) is 5.28. The van der Waals surface area contributed by atoms with E-state index in [4.69, 9.17) is 9.47 Å². The van der Waals surface area contributed by atoms with Crippen molar-refractivity contribution in [3.05, 3.63) is 28.8 Å². The van der Waals surface area contributed by atoms with E-state index in [-0.39, 0.29) is 17.7 Å². The molecule has 2 aliphatic carbocycles. The number of rotatable bonds is 9. The number of amides is 2. The van der Waals surface area contributed by atoms with Gasteiger partial charge >= 0.3 is 0 Å². The highest BCUT2D eigenvalue weighted by molar-refractivity contribution is 7.15. The quantitative estimate of drug-likeness (QED) is 0.620. The van der Waals surface area contributed by atoms with Gasteiger partial charge in [0.05, 0.1) is 13.7 Å². The number of hydrogen-bond donors (Lipinski definition) is 1. The third-order valence-corrected chi connectivity index (χ3v) is 7.43. The van der Waals surface area contributed by atoms with Gasteiger partial charge in [0.2, 0.25) is 16.9 Å². The predicted octanol–water partition coefficient (Wildman–Crippen LogP) is 3.56. The molecule has 1 aromatic carbocycles. The summed E-state index contributed by atoms with van der Waals surface area (Å²) in [5.41, 5.74) is 1.03. The number of nitrogens with one attached hydrogen (secondary N) is 1. The van der Waals surface area contributed by atoms with Crippen molar-refractivity contribution in [3.63, 3.8) is 0 Å². The van der Waals surface area contributed by atoms with Gasteiger partial charge in [-0.25, -0.2) is 0 Å². The molecule has 0 radical (unpaired) electrons. The maximum atomic E-state index is 12.8. The van der Waals surface area contributed by atoms with Crippen molar-refractivity contribution >= 4 is 28.3 Å². The number of aromatic nitrogens is 2. The number of ether oxygens (including phenoxy) is 2.